The topological polar surface area (TPSA) is 87.0 Å². The summed E-state index contributed by atoms with van der Waals surface area (Å²) in [7, 11) is -3.53. The Morgan fingerprint density at radius 1 is 1.09 bits per heavy atom. The molecule has 1 fully saturated rings. The molecule has 1 aliphatic heterocycles. The summed E-state index contributed by atoms with van der Waals surface area (Å²) >= 11 is 1.61. The van der Waals surface area contributed by atoms with Gasteiger partial charge >= 0.3 is 0 Å². The number of nitrogens with zero attached hydrogens (tertiary/aromatic N) is 4. The molecule has 0 atom stereocenters. The highest BCUT2D eigenvalue weighted by atomic mass is 32.2. The van der Waals surface area contributed by atoms with Crippen molar-refractivity contribution < 1.29 is 17.6 Å². The van der Waals surface area contributed by atoms with Crippen molar-refractivity contribution in [2.24, 2.45) is 0 Å². The van der Waals surface area contributed by atoms with E-state index in [0.717, 1.165) is 36.1 Å². The third kappa shape index (κ3) is 5.19. The van der Waals surface area contributed by atoms with Crippen LogP contribution in [0.1, 0.15) is 29.2 Å². The number of piperazine rings is 1. The molecule has 1 amide bonds. The molecule has 2 aromatic heterocycles. The lowest BCUT2D eigenvalue weighted by Crippen LogP contribution is -2.48. The molecule has 0 saturated carbocycles. The number of hydrogen-bond acceptors (Lipinski definition) is 7. The van der Waals surface area contributed by atoms with Crippen molar-refractivity contribution >= 4 is 27.3 Å². The second-order valence-corrected chi connectivity index (χ2v) is 10.7. The van der Waals surface area contributed by atoms with Crippen LogP contribution in [-0.4, -0.2) is 72.7 Å². The van der Waals surface area contributed by atoms with Crippen LogP contribution in [0.25, 0.3) is 11.5 Å². The molecule has 1 aromatic carbocycles. The van der Waals surface area contributed by atoms with Crippen LogP contribution in [-0.2, 0) is 16.6 Å². The predicted octanol–water partition coefficient (Wildman–Crippen LogP) is 3.39. The monoisotopic (exact) mass is 488 g/mol. The van der Waals surface area contributed by atoms with Crippen LogP contribution in [0.15, 0.2) is 57.4 Å². The van der Waals surface area contributed by atoms with Gasteiger partial charge in [-0.2, -0.15) is 4.31 Å². The fourth-order valence-electron chi connectivity index (χ4n) is 3.89. The Bertz CT molecular complexity index is 1160. The number of carbonyl (C=O) groups is 1. The predicted molar refractivity (Wildman–Crippen MR) is 128 cm³/mol. The third-order valence-corrected chi connectivity index (χ3v) is 8.69. The van der Waals surface area contributed by atoms with E-state index in [1.165, 1.54) is 16.4 Å². The Morgan fingerprint density at radius 3 is 2.39 bits per heavy atom. The molecule has 3 aromatic rings. The molecule has 176 valence electrons. The van der Waals surface area contributed by atoms with Gasteiger partial charge in [-0.25, -0.2) is 13.4 Å². The molecule has 8 nitrogen and oxygen atoms in total. The minimum atomic E-state index is -3.53. The van der Waals surface area contributed by atoms with Gasteiger partial charge in [0, 0.05) is 50.2 Å². The zero-order valence-electron chi connectivity index (χ0n) is 18.8. The van der Waals surface area contributed by atoms with Gasteiger partial charge in [0.05, 0.1) is 17.7 Å². The van der Waals surface area contributed by atoms with E-state index in [9.17, 15) is 13.2 Å². The van der Waals surface area contributed by atoms with Crippen LogP contribution in [0.2, 0.25) is 0 Å². The quantitative estimate of drug-likeness (QED) is 0.483. The van der Waals surface area contributed by atoms with Crippen molar-refractivity contribution in [2.45, 2.75) is 25.3 Å². The Kier molecular flexibility index (Phi) is 7.28. The maximum absolute atomic E-state index is 12.9. The molecule has 0 unspecified atom stereocenters. The average Bonchev–Trinajstić information content (AvgIpc) is 3.52. The van der Waals surface area contributed by atoms with E-state index in [1.807, 2.05) is 36.3 Å². The number of amides is 1. The molecule has 0 N–H and O–H groups in total. The molecule has 1 saturated heterocycles. The summed E-state index contributed by atoms with van der Waals surface area (Å²) < 4.78 is 32.1. The highest BCUT2D eigenvalue weighted by Gasteiger charge is 2.25. The lowest BCUT2D eigenvalue weighted by Gasteiger charge is -2.34. The molecule has 0 bridgehead atoms. The second kappa shape index (κ2) is 10.2. The van der Waals surface area contributed by atoms with Gasteiger partial charge in [-0.05, 0) is 36.4 Å². The van der Waals surface area contributed by atoms with Gasteiger partial charge in [0.25, 0.3) is 5.91 Å². The molecule has 0 aliphatic carbocycles. The molecular formula is C23H28N4O4S2. The molecule has 1 aliphatic rings. The summed E-state index contributed by atoms with van der Waals surface area (Å²) in [6.07, 6.45) is 1.64. The first-order chi connectivity index (χ1) is 15.9. The number of aromatic nitrogens is 1. The van der Waals surface area contributed by atoms with Crippen LogP contribution in [0, 0.1) is 0 Å². The largest absolute Gasteiger partial charge is 0.463 e. The maximum atomic E-state index is 12.9. The summed E-state index contributed by atoms with van der Waals surface area (Å²) in [5.74, 6) is 0.694. The van der Waals surface area contributed by atoms with Gasteiger partial charge in [0.2, 0.25) is 10.0 Å². The standard InChI is InChI=1S/C23H28N4O4S2/c1-3-27(4-2)33(29,30)19-9-7-18(8-10-19)23(28)26-13-11-25(12-14-26)16-22-24-20(17-32-22)21-6-5-15-31-21/h5-10,15,17H,3-4,11-14,16H2,1-2H3. The number of sulfonamides is 1. The first-order valence-corrected chi connectivity index (χ1v) is 13.3. The number of hydrogen-bond donors (Lipinski definition) is 0. The van der Waals surface area contributed by atoms with Crippen LogP contribution in [0.5, 0.6) is 0 Å². The number of benzene rings is 1. The normalized spacial score (nSPS) is 15.3. The first-order valence-electron chi connectivity index (χ1n) is 11.0. The van der Waals surface area contributed by atoms with Gasteiger partial charge in [0.15, 0.2) is 5.76 Å². The maximum Gasteiger partial charge on any atom is 0.253 e. The van der Waals surface area contributed by atoms with Gasteiger partial charge in [-0.3, -0.25) is 9.69 Å². The zero-order valence-corrected chi connectivity index (χ0v) is 20.4. The molecule has 0 radical (unpaired) electrons. The SMILES string of the molecule is CCN(CC)S(=O)(=O)c1ccc(C(=O)N2CCN(Cc3nc(-c4ccco4)cs3)CC2)cc1. The molecule has 4 rings (SSSR count). The number of rotatable bonds is 8. The van der Waals surface area contributed by atoms with E-state index in [-0.39, 0.29) is 10.8 Å². The average molecular weight is 489 g/mol. The van der Waals surface area contributed by atoms with Gasteiger partial charge in [0.1, 0.15) is 10.7 Å². The number of furan rings is 1. The molecule has 0 spiro atoms. The van der Waals surface area contributed by atoms with Gasteiger partial charge in [-0.15, -0.1) is 11.3 Å². The summed E-state index contributed by atoms with van der Waals surface area (Å²) in [4.78, 5) is 21.9. The van der Waals surface area contributed by atoms with Crippen molar-refractivity contribution in [3.05, 3.63) is 58.6 Å². The Labute approximate surface area is 198 Å². The van der Waals surface area contributed by atoms with Crippen molar-refractivity contribution in [3.63, 3.8) is 0 Å². The van der Waals surface area contributed by atoms with Crippen molar-refractivity contribution in [1.82, 2.24) is 19.1 Å². The number of carbonyl (C=O) groups excluding carboxylic acids is 1. The Hall–Kier alpha value is -2.53. The van der Waals surface area contributed by atoms with Crippen LogP contribution in [0.3, 0.4) is 0 Å². The highest BCUT2D eigenvalue weighted by Crippen LogP contribution is 2.23. The summed E-state index contributed by atoms with van der Waals surface area (Å²) in [6, 6.07) is 10.0. The van der Waals surface area contributed by atoms with Crippen molar-refractivity contribution in [1.29, 1.82) is 0 Å². The second-order valence-electron chi connectivity index (χ2n) is 7.79. The first kappa shape index (κ1) is 23.6. The highest BCUT2D eigenvalue weighted by molar-refractivity contribution is 7.89. The smallest absolute Gasteiger partial charge is 0.253 e. The fraction of sp³-hybridized carbons (Fsp3) is 0.391. The zero-order chi connectivity index (χ0) is 23.4. The lowest BCUT2D eigenvalue weighted by atomic mass is 10.2. The Morgan fingerprint density at radius 2 is 1.79 bits per heavy atom. The fourth-order valence-corrected chi connectivity index (χ4v) is 6.17. The van der Waals surface area contributed by atoms with Crippen LogP contribution >= 0.6 is 11.3 Å². The summed E-state index contributed by atoms with van der Waals surface area (Å²) in [6.45, 7) is 7.95. The van der Waals surface area contributed by atoms with E-state index < -0.39 is 10.0 Å². The minimum Gasteiger partial charge on any atom is -0.463 e. The van der Waals surface area contributed by atoms with Crippen molar-refractivity contribution in [3.8, 4) is 11.5 Å². The van der Waals surface area contributed by atoms with E-state index in [2.05, 4.69) is 9.88 Å². The summed E-state index contributed by atoms with van der Waals surface area (Å²) in [5, 5.41) is 3.02. The summed E-state index contributed by atoms with van der Waals surface area (Å²) in [5.41, 5.74) is 1.35. The van der Waals surface area contributed by atoms with Crippen LogP contribution < -0.4 is 0 Å². The molecular weight excluding hydrogens is 460 g/mol. The Balaban J connectivity index is 1.33. The van der Waals surface area contributed by atoms with E-state index in [4.69, 9.17) is 4.42 Å². The lowest BCUT2D eigenvalue weighted by molar-refractivity contribution is 0.0628. The minimum absolute atomic E-state index is 0.0733. The third-order valence-electron chi connectivity index (χ3n) is 5.79. The van der Waals surface area contributed by atoms with Gasteiger partial charge in [-0.1, -0.05) is 13.8 Å². The molecule has 10 heteroatoms. The number of thiazole rings is 1. The van der Waals surface area contributed by atoms with E-state index in [0.29, 0.717) is 31.7 Å². The van der Waals surface area contributed by atoms with E-state index >= 15 is 0 Å². The molecule has 3 heterocycles. The van der Waals surface area contributed by atoms with E-state index in [1.54, 1.807) is 29.7 Å². The van der Waals surface area contributed by atoms with Crippen LogP contribution in [0.4, 0.5) is 0 Å². The van der Waals surface area contributed by atoms with Gasteiger partial charge < -0.3 is 9.32 Å². The molecule has 33 heavy (non-hydrogen) atoms. The van der Waals surface area contributed by atoms with Crippen molar-refractivity contribution in [2.75, 3.05) is 39.3 Å².